The van der Waals surface area contributed by atoms with Gasteiger partial charge in [-0.25, -0.2) is 9.78 Å². The van der Waals surface area contributed by atoms with E-state index in [0.717, 1.165) is 0 Å². The Morgan fingerprint density at radius 3 is 2.57 bits per heavy atom. The van der Waals surface area contributed by atoms with Gasteiger partial charge in [-0.15, -0.1) is 0 Å². The van der Waals surface area contributed by atoms with Gasteiger partial charge in [-0.3, -0.25) is 10.1 Å². The minimum Gasteiger partial charge on any atom is -0.464 e. The Labute approximate surface area is 122 Å². The fourth-order valence-corrected chi connectivity index (χ4v) is 1.68. The van der Waals surface area contributed by atoms with E-state index in [1.54, 1.807) is 7.11 Å². The molecule has 0 aromatic carbocycles. The maximum absolute atomic E-state index is 11.5. The second-order valence-corrected chi connectivity index (χ2v) is 4.76. The number of hydrogen-bond acceptors (Lipinski definition) is 7. The Morgan fingerprint density at radius 1 is 1.43 bits per heavy atom. The smallest absolute Gasteiger partial charge is 0.356 e. The number of ether oxygens (including phenoxy) is 2. The zero-order valence-corrected chi connectivity index (χ0v) is 12.5. The van der Waals surface area contributed by atoms with Gasteiger partial charge in [0.1, 0.15) is 0 Å². The zero-order chi connectivity index (χ0) is 16.0. The minimum absolute atomic E-state index is 0.00511. The molecule has 21 heavy (non-hydrogen) atoms. The van der Waals surface area contributed by atoms with Gasteiger partial charge >= 0.3 is 11.7 Å². The van der Waals surface area contributed by atoms with Gasteiger partial charge in [0.2, 0.25) is 5.82 Å². The third-order valence-corrected chi connectivity index (χ3v) is 2.94. The van der Waals surface area contributed by atoms with Crippen molar-refractivity contribution in [2.45, 2.75) is 19.9 Å². The van der Waals surface area contributed by atoms with Crippen LogP contribution in [0.4, 0.5) is 11.5 Å². The number of anilines is 1. The monoisotopic (exact) mass is 297 g/mol. The summed E-state index contributed by atoms with van der Waals surface area (Å²) in [5.41, 5.74) is -0.199. The van der Waals surface area contributed by atoms with Crippen molar-refractivity contribution < 1.29 is 19.2 Å². The fraction of sp³-hybridized carbons (Fsp3) is 0.538. The summed E-state index contributed by atoms with van der Waals surface area (Å²) in [4.78, 5) is 26.0. The van der Waals surface area contributed by atoms with Crippen LogP contribution in [0, 0.1) is 16.0 Å². The number of aromatic nitrogens is 1. The maximum Gasteiger partial charge on any atom is 0.356 e. The lowest BCUT2D eigenvalue weighted by molar-refractivity contribution is -0.384. The number of pyridine rings is 1. The van der Waals surface area contributed by atoms with Gasteiger partial charge in [-0.2, -0.15) is 0 Å². The fourth-order valence-electron chi connectivity index (χ4n) is 1.68. The summed E-state index contributed by atoms with van der Waals surface area (Å²) in [6, 6.07) is 2.32. The molecule has 0 aliphatic carbocycles. The van der Waals surface area contributed by atoms with Gasteiger partial charge in [0.15, 0.2) is 5.69 Å². The molecule has 1 aromatic rings. The highest BCUT2D eigenvalue weighted by Crippen LogP contribution is 2.24. The van der Waals surface area contributed by atoms with Crippen molar-refractivity contribution in [3.8, 4) is 0 Å². The number of hydrogen-bond donors (Lipinski definition) is 1. The molecule has 1 heterocycles. The first-order valence-corrected chi connectivity index (χ1v) is 6.40. The summed E-state index contributed by atoms with van der Waals surface area (Å²) in [6.07, 6.45) is 0. The molecule has 116 valence electrons. The van der Waals surface area contributed by atoms with Gasteiger partial charge in [0.25, 0.3) is 0 Å². The average molecular weight is 297 g/mol. The maximum atomic E-state index is 11.5. The Morgan fingerprint density at radius 2 is 2.10 bits per heavy atom. The van der Waals surface area contributed by atoms with Crippen molar-refractivity contribution in [1.29, 1.82) is 0 Å². The van der Waals surface area contributed by atoms with Crippen molar-refractivity contribution in [1.82, 2.24) is 4.98 Å². The summed E-state index contributed by atoms with van der Waals surface area (Å²) in [7, 11) is 2.77. The molecule has 8 nitrogen and oxygen atoms in total. The number of esters is 1. The summed E-state index contributed by atoms with van der Waals surface area (Å²) in [6.45, 7) is 4.26. The molecule has 1 rings (SSSR count). The number of carbonyl (C=O) groups is 1. The van der Waals surface area contributed by atoms with E-state index in [0.29, 0.717) is 6.61 Å². The normalized spacial score (nSPS) is 12.0. The van der Waals surface area contributed by atoms with Gasteiger partial charge in [0, 0.05) is 13.2 Å². The topological polar surface area (TPSA) is 104 Å². The van der Waals surface area contributed by atoms with Crippen LogP contribution in [0.3, 0.4) is 0 Å². The third-order valence-electron chi connectivity index (χ3n) is 2.94. The Kier molecular flexibility index (Phi) is 6.04. The molecule has 0 saturated carbocycles. The van der Waals surface area contributed by atoms with E-state index in [4.69, 9.17) is 4.74 Å². The zero-order valence-electron chi connectivity index (χ0n) is 12.5. The van der Waals surface area contributed by atoms with Crippen LogP contribution in [0.5, 0.6) is 0 Å². The summed E-state index contributed by atoms with van der Waals surface area (Å²) in [5.74, 6) is -0.465. The molecule has 1 N–H and O–H groups in total. The first kappa shape index (κ1) is 16.8. The van der Waals surface area contributed by atoms with Crippen molar-refractivity contribution >= 4 is 17.5 Å². The van der Waals surface area contributed by atoms with E-state index in [1.807, 2.05) is 13.8 Å². The van der Waals surface area contributed by atoms with E-state index in [2.05, 4.69) is 15.0 Å². The second kappa shape index (κ2) is 7.53. The van der Waals surface area contributed by atoms with Gasteiger partial charge in [-0.1, -0.05) is 13.8 Å². The molecular formula is C13H19N3O5. The Bertz CT molecular complexity index is 519. The highest BCUT2D eigenvalue weighted by atomic mass is 16.6. The number of carbonyl (C=O) groups excluding carboxylic acids is 1. The molecule has 0 amide bonds. The molecule has 0 radical (unpaired) electrons. The van der Waals surface area contributed by atoms with Crippen LogP contribution in [0.25, 0.3) is 0 Å². The molecule has 0 fully saturated rings. The lowest BCUT2D eigenvalue weighted by Gasteiger charge is -2.22. The Balaban J connectivity index is 3.16. The minimum atomic E-state index is -0.652. The number of nitrogens with zero attached hydrogens (tertiary/aromatic N) is 2. The van der Waals surface area contributed by atoms with Crippen molar-refractivity contribution in [2.24, 2.45) is 5.92 Å². The summed E-state index contributed by atoms with van der Waals surface area (Å²) >= 11 is 0. The van der Waals surface area contributed by atoms with Gasteiger partial charge < -0.3 is 14.8 Å². The van der Waals surface area contributed by atoms with E-state index in [9.17, 15) is 14.9 Å². The van der Waals surface area contributed by atoms with E-state index >= 15 is 0 Å². The SMILES string of the molecule is COCC(Nc1nc(C(=O)OC)ccc1[N+](=O)[O-])C(C)C. The van der Waals surface area contributed by atoms with Crippen LogP contribution in [0.15, 0.2) is 12.1 Å². The van der Waals surface area contributed by atoms with Crippen molar-refractivity contribution in [3.05, 3.63) is 27.9 Å². The number of rotatable bonds is 7. The molecule has 0 aliphatic heterocycles. The van der Waals surface area contributed by atoms with E-state index in [1.165, 1.54) is 19.2 Å². The van der Waals surface area contributed by atoms with Crippen LogP contribution in [0.1, 0.15) is 24.3 Å². The quantitative estimate of drug-likeness (QED) is 0.465. The van der Waals surface area contributed by atoms with E-state index in [-0.39, 0.29) is 29.2 Å². The highest BCUT2D eigenvalue weighted by molar-refractivity contribution is 5.88. The molecule has 0 aliphatic rings. The number of nitro groups is 1. The first-order valence-electron chi connectivity index (χ1n) is 6.40. The van der Waals surface area contributed by atoms with Gasteiger partial charge in [0.05, 0.1) is 24.7 Å². The standard InChI is InChI=1S/C13H19N3O5/c1-8(2)10(7-20-3)15-12-11(16(18)19)6-5-9(14-12)13(17)21-4/h5-6,8,10H,7H2,1-4H3,(H,14,15). The summed E-state index contributed by atoms with van der Waals surface area (Å²) < 4.78 is 9.65. The lowest BCUT2D eigenvalue weighted by atomic mass is 10.1. The first-order chi connectivity index (χ1) is 9.90. The molecule has 0 saturated heterocycles. The Hall–Kier alpha value is -2.22. The van der Waals surface area contributed by atoms with Crippen LogP contribution in [-0.4, -0.2) is 42.7 Å². The number of nitrogens with one attached hydrogen (secondary N) is 1. The van der Waals surface area contributed by atoms with Gasteiger partial charge in [-0.05, 0) is 12.0 Å². The predicted octanol–water partition coefficient (Wildman–Crippen LogP) is 1.86. The molecule has 1 unspecified atom stereocenters. The number of methoxy groups -OCH3 is 2. The highest BCUT2D eigenvalue weighted by Gasteiger charge is 2.23. The molecule has 0 spiro atoms. The van der Waals surface area contributed by atoms with Crippen LogP contribution in [0.2, 0.25) is 0 Å². The lowest BCUT2D eigenvalue weighted by Crippen LogP contribution is -2.31. The largest absolute Gasteiger partial charge is 0.464 e. The van der Waals surface area contributed by atoms with Crippen LogP contribution >= 0.6 is 0 Å². The summed E-state index contributed by atoms with van der Waals surface area (Å²) in [5, 5.41) is 14.0. The predicted molar refractivity (Wildman–Crippen MR) is 76.4 cm³/mol. The molecular weight excluding hydrogens is 278 g/mol. The molecule has 0 bridgehead atoms. The van der Waals surface area contributed by atoms with Crippen molar-refractivity contribution in [3.63, 3.8) is 0 Å². The molecule has 8 heteroatoms. The molecule has 1 aromatic heterocycles. The average Bonchev–Trinajstić information content (AvgIpc) is 2.45. The van der Waals surface area contributed by atoms with Crippen LogP contribution in [-0.2, 0) is 9.47 Å². The third kappa shape index (κ3) is 4.38. The second-order valence-electron chi connectivity index (χ2n) is 4.76. The molecule has 1 atom stereocenters. The van der Waals surface area contributed by atoms with Crippen LogP contribution < -0.4 is 5.32 Å². The van der Waals surface area contributed by atoms with E-state index < -0.39 is 10.9 Å². The van der Waals surface area contributed by atoms with Crippen molar-refractivity contribution in [2.75, 3.05) is 26.1 Å².